The average molecular weight is 587 g/mol. The zero-order chi connectivity index (χ0) is 30.8. The molecule has 0 heterocycles. The molecule has 0 spiro atoms. The van der Waals surface area contributed by atoms with Gasteiger partial charge in [0, 0.05) is 45.5 Å². The molecule has 0 unspecified atom stereocenters. The molecule has 3 heteroatoms. The van der Waals surface area contributed by atoms with E-state index in [-0.39, 0.29) is 5.75 Å². The molecule has 0 atom stereocenters. The maximum atomic E-state index is 11.4. The highest BCUT2D eigenvalue weighted by Crippen LogP contribution is 2.42. The second-order valence-corrected chi connectivity index (χ2v) is 11.2. The lowest BCUT2D eigenvalue weighted by Gasteiger charge is -2.28. The zero-order valence-corrected chi connectivity index (χ0v) is 25.6. The van der Waals surface area contributed by atoms with Crippen LogP contribution in [0.5, 0.6) is 5.75 Å². The molecule has 2 N–H and O–H groups in total. The van der Waals surface area contributed by atoms with Gasteiger partial charge in [0.15, 0.2) is 0 Å². The van der Waals surface area contributed by atoms with Crippen LogP contribution in [0.25, 0.3) is 21.9 Å². The standard InChI is InChI=1S/C36H32N2O.C6H6/c1-26-11-10-16-29(20-19-26)38(28-14-6-3-7-15-28)30-21-22-34(36(39)25-30)32-23-24-35(33-18-9-8-17-31(32)33)37-27-12-4-2-5-13-27;1-2-4-6-5-3-1/h2-9,12-15,17-25,37,39H,10-11,16H2,1H3;1-6H. The lowest BCUT2D eigenvalue weighted by Crippen LogP contribution is -2.16. The SMILES string of the molecule is CC1=CC=C(N(c2ccccc2)c2ccc(-c3ccc(Nc4ccccc4)c4ccccc34)c(O)c2)CCC1.c1ccccc1. The van der Waals surface area contributed by atoms with Crippen LogP contribution in [0, 0.1) is 0 Å². The third-order valence-corrected chi connectivity index (χ3v) is 8.04. The molecular weight excluding hydrogens is 548 g/mol. The van der Waals surface area contributed by atoms with Gasteiger partial charge in [-0.3, -0.25) is 0 Å². The van der Waals surface area contributed by atoms with Crippen molar-refractivity contribution in [3.8, 4) is 16.9 Å². The first-order chi connectivity index (χ1) is 22.2. The highest BCUT2D eigenvalue weighted by molar-refractivity contribution is 6.05. The molecule has 0 saturated heterocycles. The van der Waals surface area contributed by atoms with Crippen LogP contribution >= 0.6 is 0 Å². The van der Waals surface area contributed by atoms with E-state index in [2.05, 4.69) is 108 Å². The molecule has 6 aromatic rings. The van der Waals surface area contributed by atoms with Gasteiger partial charge in [-0.05, 0) is 85.7 Å². The van der Waals surface area contributed by atoms with Gasteiger partial charge in [-0.1, -0.05) is 115 Å². The van der Waals surface area contributed by atoms with Gasteiger partial charge in [-0.25, -0.2) is 0 Å². The molecule has 0 saturated carbocycles. The molecule has 0 fully saturated rings. The van der Waals surface area contributed by atoms with Crippen molar-refractivity contribution in [2.24, 2.45) is 0 Å². The van der Waals surface area contributed by atoms with E-state index >= 15 is 0 Å². The maximum Gasteiger partial charge on any atom is 0.125 e. The summed E-state index contributed by atoms with van der Waals surface area (Å²) < 4.78 is 0. The summed E-state index contributed by atoms with van der Waals surface area (Å²) in [6.45, 7) is 2.19. The van der Waals surface area contributed by atoms with Crippen molar-refractivity contribution in [3.05, 3.63) is 175 Å². The molecular formula is C42H38N2O. The lowest BCUT2D eigenvalue weighted by molar-refractivity contribution is 0.477. The van der Waals surface area contributed by atoms with Gasteiger partial charge < -0.3 is 15.3 Å². The monoisotopic (exact) mass is 586 g/mol. The first-order valence-corrected chi connectivity index (χ1v) is 15.6. The summed E-state index contributed by atoms with van der Waals surface area (Å²) in [5.41, 5.74) is 8.57. The Morgan fingerprint density at radius 1 is 0.556 bits per heavy atom. The fraction of sp³-hybridized carbons (Fsp3) is 0.0952. The molecule has 0 amide bonds. The van der Waals surface area contributed by atoms with Crippen molar-refractivity contribution in [2.45, 2.75) is 26.2 Å². The van der Waals surface area contributed by atoms with Crippen LogP contribution < -0.4 is 10.2 Å². The van der Waals surface area contributed by atoms with Crippen LogP contribution in [0.4, 0.5) is 22.7 Å². The molecule has 0 aromatic heterocycles. The normalized spacial score (nSPS) is 12.6. The first-order valence-electron chi connectivity index (χ1n) is 15.6. The maximum absolute atomic E-state index is 11.4. The van der Waals surface area contributed by atoms with Crippen molar-refractivity contribution in [2.75, 3.05) is 10.2 Å². The van der Waals surface area contributed by atoms with Gasteiger partial charge in [-0.15, -0.1) is 0 Å². The predicted molar refractivity (Wildman–Crippen MR) is 191 cm³/mol. The molecule has 0 bridgehead atoms. The first kappa shape index (κ1) is 29.5. The van der Waals surface area contributed by atoms with E-state index in [0.717, 1.165) is 63.9 Å². The molecule has 0 aliphatic heterocycles. The number of nitrogens with zero attached hydrogens (tertiary/aromatic N) is 1. The number of nitrogens with one attached hydrogen (secondary N) is 1. The number of fused-ring (bicyclic) bond motifs is 1. The van der Waals surface area contributed by atoms with E-state index in [0.29, 0.717) is 0 Å². The summed E-state index contributed by atoms with van der Waals surface area (Å²) in [7, 11) is 0. The van der Waals surface area contributed by atoms with Crippen molar-refractivity contribution in [1.29, 1.82) is 0 Å². The number of hydrogen-bond donors (Lipinski definition) is 2. The molecule has 7 rings (SSSR count). The van der Waals surface area contributed by atoms with Gasteiger partial charge >= 0.3 is 0 Å². The summed E-state index contributed by atoms with van der Waals surface area (Å²) in [6.07, 6.45) is 7.65. The Balaban J connectivity index is 0.000000535. The molecule has 222 valence electrons. The largest absolute Gasteiger partial charge is 0.507 e. The molecule has 1 aliphatic carbocycles. The Kier molecular flexibility index (Phi) is 9.38. The van der Waals surface area contributed by atoms with Crippen LogP contribution in [0.3, 0.4) is 0 Å². The van der Waals surface area contributed by atoms with Crippen LogP contribution in [0.1, 0.15) is 26.2 Å². The fourth-order valence-corrected chi connectivity index (χ4v) is 5.79. The van der Waals surface area contributed by atoms with Crippen LogP contribution in [-0.2, 0) is 0 Å². The molecule has 1 aliphatic rings. The number of allylic oxidation sites excluding steroid dienone is 4. The Bertz CT molecular complexity index is 1880. The number of benzene rings is 6. The Morgan fingerprint density at radius 2 is 1.16 bits per heavy atom. The van der Waals surface area contributed by atoms with Gasteiger partial charge in [-0.2, -0.15) is 0 Å². The van der Waals surface area contributed by atoms with Crippen molar-refractivity contribution in [3.63, 3.8) is 0 Å². The minimum absolute atomic E-state index is 0.267. The predicted octanol–water partition coefficient (Wildman–Crippen LogP) is 11.8. The molecule has 0 radical (unpaired) electrons. The van der Waals surface area contributed by atoms with Crippen LogP contribution in [-0.4, -0.2) is 5.11 Å². The Morgan fingerprint density at radius 3 is 1.84 bits per heavy atom. The van der Waals surface area contributed by atoms with E-state index in [1.807, 2.05) is 72.8 Å². The smallest absolute Gasteiger partial charge is 0.125 e. The van der Waals surface area contributed by atoms with Gasteiger partial charge in [0.1, 0.15) is 5.75 Å². The van der Waals surface area contributed by atoms with Gasteiger partial charge in [0.05, 0.1) is 0 Å². The number of anilines is 4. The minimum atomic E-state index is 0.267. The quantitative estimate of drug-likeness (QED) is 0.204. The van der Waals surface area contributed by atoms with Gasteiger partial charge in [0.25, 0.3) is 0 Å². The zero-order valence-electron chi connectivity index (χ0n) is 25.6. The number of para-hydroxylation sites is 2. The minimum Gasteiger partial charge on any atom is -0.507 e. The van der Waals surface area contributed by atoms with Crippen molar-refractivity contribution >= 4 is 33.5 Å². The number of rotatable bonds is 6. The third-order valence-electron chi connectivity index (χ3n) is 8.04. The Labute approximate surface area is 266 Å². The fourth-order valence-electron chi connectivity index (χ4n) is 5.79. The van der Waals surface area contributed by atoms with Crippen molar-refractivity contribution in [1.82, 2.24) is 0 Å². The van der Waals surface area contributed by atoms with Crippen molar-refractivity contribution < 1.29 is 5.11 Å². The highest BCUT2D eigenvalue weighted by Gasteiger charge is 2.18. The highest BCUT2D eigenvalue weighted by atomic mass is 16.3. The summed E-state index contributed by atoms with van der Waals surface area (Å²) >= 11 is 0. The summed E-state index contributed by atoms with van der Waals surface area (Å²) in [5, 5.41) is 17.2. The number of aromatic hydroxyl groups is 1. The van der Waals surface area contributed by atoms with E-state index in [9.17, 15) is 5.11 Å². The van der Waals surface area contributed by atoms with E-state index in [4.69, 9.17) is 0 Å². The van der Waals surface area contributed by atoms with E-state index < -0.39 is 0 Å². The van der Waals surface area contributed by atoms with Gasteiger partial charge in [0.2, 0.25) is 0 Å². The third kappa shape index (κ3) is 7.17. The number of hydrogen-bond acceptors (Lipinski definition) is 3. The topological polar surface area (TPSA) is 35.5 Å². The summed E-state index contributed by atoms with van der Waals surface area (Å²) in [6, 6.07) is 51.2. The van der Waals surface area contributed by atoms with E-state index in [1.54, 1.807) is 0 Å². The summed E-state index contributed by atoms with van der Waals surface area (Å²) in [5.74, 6) is 0.267. The molecule has 45 heavy (non-hydrogen) atoms. The second kappa shape index (κ2) is 14.3. The number of phenolic OH excluding ortho intramolecular Hbond substituents is 1. The van der Waals surface area contributed by atoms with E-state index in [1.165, 1.54) is 11.3 Å². The van der Waals surface area contributed by atoms with Crippen LogP contribution in [0.15, 0.2) is 175 Å². The molecule has 3 nitrogen and oxygen atoms in total. The summed E-state index contributed by atoms with van der Waals surface area (Å²) in [4.78, 5) is 2.27. The van der Waals surface area contributed by atoms with Crippen LogP contribution in [0.2, 0.25) is 0 Å². The molecule has 6 aromatic carbocycles. The number of phenols is 1. The Hall–Kier alpha value is -5.54. The average Bonchev–Trinajstić information content (AvgIpc) is 3.31. The second-order valence-electron chi connectivity index (χ2n) is 11.2. The lowest BCUT2D eigenvalue weighted by atomic mass is 9.96.